The van der Waals surface area contributed by atoms with Gasteiger partial charge in [-0.05, 0) is 40.2 Å². The van der Waals surface area contributed by atoms with E-state index in [1.807, 2.05) is 0 Å². The molecule has 0 atom stereocenters. The zero-order chi connectivity index (χ0) is 15.8. The number of anilines is 2. The molecule has 0 unspecified atom stereocenters. The van der Waals surface area contributed by atoms with Crippen molar-refractivity contribution in [3.8, 4) is 5.75 Å². The van der Waals surface area contributed by atoms with Gasteiger partial charge in [0.25, 0.3) is 10.0 Å². The van der Waals surface area contributed by atoms with E-state index in [0.29, 0.717) is 0 Å². The second kappa shape index (κ2) is 5.53. The van der Waals surface area contributed by atoms with E-state index in [9.17, 15) is 17.9 Å². The fourth-order valence-corrected chi connectivity index (χ4v) is 3.91. The fraction of sp³-hybridized carbons (Fsp3) is 0.0769. The zero-order valence-electron chi connectivity index (χ0n) is 10.9. The molecule has 2 aromatic carbocycles. The monoisotopic (exact) mass is 374 g/mol. The average molecular weight is 375 g/mol. The fourth-order valence-electron chi connectivity index (χ4n) is 1.72. The van der Waals surface area contributed by atoms with Crippen LogP contribution in [0, 0.1) is 5.82 Å². The number of hydrogen-bond acceptors (Lipinski definition) is 4. The summed E-state index contributed by atoms with van der Waals surface area (Å²) in [6, 6.07) is 7.82. The first kappa shape index (κ1) is 15.6. The lowest BCUT2D eigenvalue weighted by atomic mass is 10.3. The first-order chi connectivity index (χ1) is 9.73. The minimum absolute atomic E-state index is 0.0627. The molecular weight excluding hydrogens is 363 g/mol. The van der Waals surface area contributed by atoms with Crippen LogP contribution in [-0.4, -0.2) is 20.6 Å². The van der Waals surface area contributed by atoms with E-state index in [0.717, 1.165) is 16.4 Å². The van der Waals surface area contributed by atoms with Crippen LogP contribution in [0.4, 0.5) is 15.8 Å². The van der Waals surface area contributed by atoms with Gasteiger partial charge in [0.2, 0.25) is 0 Å². The number of nitrogen functional groups attached to an aromatic ring is 1. The summed E-state index contributed by atoms with van der Waals surface area (Å²) in [5.74, 6) is -0.770. The first-order valence-electron chi connectivity index (χ1n) is 5.76. The van der Waals surface area contributed by atoms with E-state index in [2.05, 4.69) is 15.9 Å². The van der Waals surface area contributed by atoms with Crippen LogP contribution in [0.5, 0.6) is 5.75 Å². The highest BCUT2D eigenvalue weighted by Crippen LogP contribution is 2.31. The molecule has 0 heterocycles. The van der Waals surface area contributed by atoms with Crippen molar-refractivity contribution in [1.29, 1.82) is 0 Å². The molecule has 0 radical (unpaired) electrons. The van der Waals surface area contributed by atoms with Crippen LogP contribution in [0.15, 0.2) is 45.8 Å². The SMILES string of the molecule is CN(c1cccc(O)c1)S(=O)(=O)c1cc(N)c(F)cc1Br. The third-order valence-electron chi connectivity index (χ3n) is 2.88. The molecule has 0 fully saturated rings. The Labute approximate surface area is 130 Å². The summed E-state index contributed by atoms with van der Waals surface area (Å²) in [7, 11) is -2.62. The number of rotatable bonds is 3. The molecule has 8 heteroatoms. The molecule has 0 bridgehead atoms. The van der Waals surface area contributed by atoms with E-state index in [4.69, 9.17) is 5.73 Å². The Morgan fingerprint density at radius 1 is 1.29 bits per heavy atom. The molecule has 2 aromatic rings. The Bertz CT molecular complexity index is 796. The van der Waals surface area contributed by atoms with Crippen LogP contribution < -0.4 is 10.0 Å². The molecule has 0 aliphatic rings. The number of phenols is 1. The molecule has 112 valence electrons. The number of phenolic OH excluding ortho intramolecular Hbond substituents is 1. The summed E-state index contributed by atoms with van der Waals surface area (Å²) in [5.41, 5.74) is 5.44. The Kier molecular flexibility index (Phi) is 4.11. The van der Waals surface area contributed by atoms with Gasteiger partial charge in [-0.25, -0.2) is 12.8 Å². The third kappa shape index (κ3) is 2.96. The molecule has 3 N–H and O–H groups in total. The van der Waals surface area contributed by atoms with Gasteiger partial charge in [-0.1, -0.05) is 6.07 Å². The summed E-state index contributed by atoms with van der Waals surface area (Å²) >= 11 is 3.02. The second-order valence-corrected chi connectivity index (χ2v) is 7.09. The molecule has 0 spiro atoms. The molecular formula is C13H12BrFN2O3S. The zero-order valence-corrected chi connectivity index (χ0v) is 13.3. The van der Waals surface area contributed by atoms with Gasteiger partial charge in [-0.15, -0.1) is 0 Å². The van der Waals surface area contributed by atoms with Gasteiger partial charge in [0.05, 0.1) is 11.4 Å². The van der Waals surface area contributed by atoms with Gasteiger partial charge in [0.15, 0.2) is 0 Å². The first-order valence-corrected chi connectivity index (χ1v) is 7.99. The van der Waals surface area contributed by atoms with Gasteiger partial charge in [-0.3, -0.25) is 4.31 Å². The minimum atomic E-state index is -3.95. The molecule has 21 heavy (non-hydrogen) atoms. The van der Waals surface area contributed by atoms with Crippen molar-refractivity contribution in [2.45, 2.75) is 4.90 Å². The Hall–Kier alpha value is -1.80. The summed E-state index contributed by atoms with van der Waals surface area (Å²) in [6.07, 6.45) is 0. The number of benzene rings is 2. The van der Waals surface area contributed by atoms with Gasteiger partial charge < -0.3 is 10.8 Å². The molecule has 0 aromatic heterocycles. The lowest BCUT2D eigenvalue weighted by Gasteiger charge is -2.20. The Balaban J connectivity index is 2.54. The summed E-state index contributed by atoms with van der Waals surface area (Å²) in [5, 5.41) is 9.43. The Morgan fingerprint density at radius 2 is 1.95 bits per heavy atom. The van der Waals surface area contributed by atoms with Gasteiger partial charge >= 0.3 is 0 Å². The molecule has 5 nitrogen and oxygen atoms in total. The second-order valence-electron chi connectivity index (χ2n) is 4.30. The number of halogens is 2. The van der Waals surface area contributed by atoms with Gasteiger partial charge in [0.1, 0.15) is 16.5 Å². The molecule has 0 saturated carbocycles. The number of aromatic hydroxyl groups is 1. The van der Waals surface area contributed by atoms with Crippen molar-refractivity contribution in [2.24, 2.45) is 0 Å². The van der Waals surface area contributed by atoms with Crippen LogP contribution >= 0.6 is 15.9 Å². The molecule has 0 saturated heterocycles. The van der Waals surface area contributed by atoms with Gasteiger partial charge in [-0.2, -0.15) is 0 Å². The predicted molar refractivity (Wildman–Crippen MR) is 82.2 cm³/mol. The van der Waals surface area contributed by atoms with Crippen LogP contribution in [0.1, 0.15) is 0 Å². The smallest absolute Gasteiger partial charge is 0.265 e. The van der Waals surface area contributed by atoms with Crippen LogP contribution in [-0.2, 0) is 10.0 Å². The number of nitrogens with zero attached hydrogens (tertiary/aromatic N) is 1. The molecule has 0 amide bonds. The van der Waals surface area contributed by atoms with E-state index < -0.39 is 15.8 Å². The Morgan fingerprint density at radius 3 is 2.57 bits per heavy atom. The van der Waals surface area contributed by atoms with E-state index in [1.165, 1.54) is 31.3 Å². The van der Waals surface area contributed by atoms with E-state index in [1.54, 1.807) is 0 Å². The molecule has 0 aliphatic carbocycles. The van der Waals surface area contributed by atoms with E-state index >= 15 is 0 Å². The standard InChI is InChI=1S/C13H12BrFN2O3S/c1-17(8-3-2-4-9(18)5-8)21(19,20)13-7-12(16)11(15)6-10(13)14/h2-7,18H,16H2,1H3. The average Bonchev–Trinajstić information content (AvgIpc) is 2.41. The number of hydrogen-bond donors (Lipinski definition) is 2. The quantitative estimate of drug-likeness (QED) is 0.808. The summed E-state index contributed by atoms with van der Waals surface area (Å²) in [6.45, 7) is 0. The van der Waals surface area contributed by atoms with Crippen molar-refractivity contribution in [3.05, 3.63) is 46.7 Å². The van der Waals surface area contributed by atoms with Crippen molar-refractivity contribution in [2.75, 3.05) is 17.1 Å². The third-order valence-corrected chi connectivity index (χ3v) is 5.63. The lowest BCUT2D eigenvalue weighted by Crippen LogP contribution is -2.27. The van der Waals surface area contributed by atoms with Crippen LogP contribution in [0.3, 0.4) is 0 Å². The number of sulfonamides is 1. The molecule has 0 aliphatic heterocycles. The molecule has 2 rings (SSSR count). The lowest BCUT2D eigenvalue weighted by molar-refractivity contribution is 0.475. The minimum Gasteiger partial charge on any atom is -0.508 e. The highest BCUT2D eigenvalue weighted by Gasteiger charge is 2.25. The van der Waals surface area contributed by atoms with Crippen molar-refractivity contribution in [3.63, 3.8) is 0 Å². The van der Waals surface area contributed by atoms with E-state index in [-0.39, 0.29) is 26.5 Å². The summed E-state index contributed by atoms with van der Waals surface area (Å²) < 4.78 is 39.5. The topological polar surface area (TPSA) is 83.6 Å². The van der Waals surface area contributed by atoms with Gasteiger partial charge in [0, 0.05) is 17.6 Å². The van der Waals surface area contributed by atoms with Crippen molar-refractivity contribution >= 4 is 37.3 Å². The van der Waals surface area contributed by atoms with Crippen LogP contribution in [0.25, 0.3) is 0 Å². The van der Waals surface area contributed by atoms with Crippen LogP contribution in [0.2, 0.25) is 0 Å². The maximum atomic E-state index is 13.3. The summed E-state index contributed by atoms with van der Waals surface area (Å²) in [4.78, 5) is -0.160. The number of nitrogens with two attached hydrogens (primary N) is 1. The van der Waals surface area contributed by atoms with Crippen molar-refractivity contribution in [1.82, 2.24) is 0 Å². The highest BCUT2D eigenvalue weighted by molar-refractivity contribution is 9.10. The maximum absolute atomic E-state index is 13.3. The van der Waals surface area contributed by atoms with Crippen molar-refractivity contribution < 1.29 is 17.9 Å². The maximum Gasteiger partial charge on any atom is 0.265 e. The largest absolute Gasteiger partial charge is 0.508 e. The predicted octanol–water partition coefficient (Wildman–Crippen LogP) is 2.70. The highest BCUT2D eigenvalue weighted by atomic mass is 79.9. The normalized spacial score (nSPS) is 11.4.